The Morgan fingerprint density at radius 3 is 2.38 bits per heavy atom. The standard InChI is InChI=1S/C15H16F3N3/c1-3-9-21-12(4-2)20-13(14(21)19)10-5-7-11(8-6-10)15(16,17)18/h3,5-8H,1,4,9,19H2,2H3. The van der Waals surface area contributed by atoms with Crippen LogP contribution in [0.5, 0.6) is 0 Å². The first kappa shape index (κ1) is 15.2. The van der Waals surface area contributed by atoms with Crippen molar-refractivity contribution in [1.29, 1.82) is 0 Å². The van der Waals surface area contributed by atoms with Gasteiger partial charge in [-0.3, -0.25) is 0 Å². The highest BCUT2D eigenvalue weighted by Crippen LogP contribution is 2.32. The number of benzene rings is 1. The van der Waals surface area contributed by atoms with Crippen LogP contribution in [0.4, 0.5) is 19.0 Å². The Kier molecular flexibility index (Phi) is 4.06. The minimum atomic E-state index is -4.35. The van der Waals surface area contributed by atoms with E-state index in [2.05, 4.69) is 11.6 Å². The molecule has 0 bridgehead atoms. The Bertz CT molecular complexity index is 639. The fourth-order valence-corrected chi connectivity index (χ4v) is 2.15. The molecule has 0 saturated carbocycles. The average molecular weight is 295 g/mol. The van der Waals surface area contributed by atoms with E-state index in [-0.39, 0.29) is 0 Å². The lowest BCUT2D eigenvalue weighted by molar-refractivity contribution is -0.137. The van der Waals surface area contributed by atoms with Gasteiger partial charge in [-0.15, -0.1) is 6.58 Å². The fourth-order valence-electron chi connectivity index (χ4n) is 2.15. The molecular formula is C15H16F3N3. The lowest BCUT2D eigenvalue weighted by Crippen LogP contribution is -2.05. The second kappa shape index (κ2) is 5.63. The Morgan fingerprint density at radius 1 is 1.29 bits per heavy atom. The van der Waals surface area contributed by atoms with Gasteiger partial charge >= 0.3 is 6.18 Å². The van der Waals surface area contributed by atoms with E-state index in [1.54, 1.807) is 10.6 Å². The molecule has 1 heterocycles. The number of hydrogen-bond acceptors (Lipinski definition) is 2. The summed E-state index contributed by atoms with van der Waals surface area (Å²) in [6.07, 6.45) is -1.97. The third kappa shape index (κ3) is 2.94. The molecule has 1 aromatic heterocycles. The van der Waals surface area contributed by atoms with Crippen molar-refractivity contribution >= 4 is 5.82 Å². The number of nitrogens with two attached hydrogens (primary N) is 1. The molecule has 0 aliphatic heterocycles. The zero-order valence-electron chi connectivity index (χ0n) is 11.6. The van der Waals surface area contributed by atoms with E-state index >= 15 is 0 Å². The minimum absolute atomic E-state index is 0.437. The van der Waals surface area contributed by atoms with Crippen LogP contribution in [-0.4, -0.2) is 9.55 Å². The van der Waals surface area contributed by atoms with Crippen LogP contribution in [0.25, 0.3) is 11.3 Å². The number of rotatable bonds is 4. The van der Waals surface area contributed by atoms with Crippen molar-refractivity contribution in [2.75, 3.05) is 5.73 Å². The molecule has 0 aliphatic rings. The lowest BCUT2D eigenvalue weighted by Gasteiger charge is -2.07. The molecule has 0 spiro atoms. The zero-order valence-corrected chi connectivity index (χ0v) is 11.6. The molecule has 0 aliphatic carbocycles. The maximum absolute atomic E-state index is 12.6. The van der Waals surface area contributed by atoms with Gasteiger partial charge in [0.15, 0.2) is 0 Å². The maximum atomic E-state index is 12.6. The highest BCUT2D eigenvalue weighted by Gasteiger charge is 2.30. The van der Waals surface area contributed by atoms with Gasteiger partial charge in [0, 0.05) is 18.5 Å². The molecule has 112 valence electrons. The summed E-state index contributed by atoms with van der Waals surface area (Å²) in [6.45, 7) is 6.12. The monoisotopic (exact) mass is 295 g/mol. The van der Waals surface area contributed by atoms with E-state index in [1.807, 2.05) is 6.92 Å². The molecule has 0 fully saturated rings. The summed E-state index contributed by atoms with van der Waals surface area (Å²) in [7, 11) is 0. The van der Waals surface area contributed by atoms with Gasteiger partial charge in [-0.2, -0.15) is 13.2 Å². The second-order valence-electron chi connectivity index (χ2n) is 4.59. The molecule has 6 heteroatoms. The molecular weight excluding hydrogens is 279 g/mol. The summed E-state index contributed by atoms with van der Waals surface area (Å²) in [4.78, 5) is 4.42. The number of hydrogen-bond donors (Lipinski definition) is 1. The van der Waals surface area contributed by atoms with Crippen molar-refractivity contribution in [3.8, 4) is 11.3 Å². The molecule has 2 aromatic rings. The van der Waals surface area contributed by atoms with E-state index in [0.717, 1.165) is 18.0 Å². The van der Waals surface area contributed by atoms with E-state index in [0.29, 0.717) is 30.0 Å². The molecule has 3 nitrogen and oxygen atoms in total. The van der Waals surface area contributed by atoms with Crippen molar-refractivity contribution in [3.63, 3.8) is 0 Å². The number of aromatic nitrogens is 2. The van der Waals surface area contributed by atoms with E-state index in [4.69, 9.17) is 5.73 Å². The first-order valence-corrected chi connectivity index (χ1v) is 6.51. The summed E-state index contributed by atoms with van der Waals surface area (Å²) in [5.74, 6) is 1.22. The highest BCUT2D eigenvalue weighted by atomic mass is 19.4. The van der Waals surface area contributed by atoms with Crippen molar-refractivity contribution in [3.05, 3.63) is 48.3 Å². The van der Waals surface area contributed by atoms with Crippen LogP contribution < -0.4 is 5.73 Å². The van der Waals surface area contributed by atoms with Gasteiger partial charge in [-0.05, 0) is 12.1 Å². The molecule has 0 saturated heterocycles. The van der Waals surface area contributed by atoms with Gasteiger partial charge in [0.1, 0.15) is 17.3 Å². The quantitative estimate of drug-likeness (QED) is 0.869. The van der Waals surface area contributed by atoms with Gasteiger partial charge < -0.3 is 10.3 Å². The number of imidazole rings is 1. The summed E-state index contributed by atoms with van der Waals surface area (Å²) < 4.78 is 39.5. The number of nitrogens with zero attached hydrogens (tertiary/aromatic N) is 2. The number of alkyl halides is 3. The number of nitrogen functional groups attached to an aromatic ring is 1. The highest BCUT2D eigenvalue weighted by molar-refractivity contribution is 5.71. The molecule has 1 aromatic carbocycles. The molecule has 0 atom stereocenters. The Labute approximate surface area is 120 Å². The Hall–Kier alpha value is -2.24. The smallest absolute Gasteiger partial charge is 0.383 e. The van der Waals surface area contributed by atoms with Crippen LogP contribution in [-0.2, 0) is 19.1 Å². The summed E-state index contributed by atoms with van der Waals surface area (Å²) in [5, 5.41) is 0. The van der Waals surface area contributed by atoms with Gasteiger partial charge in [0.2, 0.25) is 0 Å². The Balaban J connectivity index is 2.45. The SMILES string of the molecule is C=CCn1c(CC)nc(-c2ccc(C(F)(F)F)cc2)c1N. The fraction of sp³-hybridized carbons (Fsp3) is 0.267. The lowest BCUT2D eigenvalue weighted by atomic mass is 10.1. The van der Waals surface area contributed by atoms with Crippen LogP contribution >= 0.6 is 0 Å². The largest absolute Gasteiger partial charge is 0.416 e. The van der Waals surface area contributed by atoms with Crippen LogP contribution in [0, 0.1) is 0 Å². The number of allylic oxidation sites excluding steroid dienone is 1. The van der Waals surface area contributed by atoms with Crippen molar-refractivity contribution in [2.45, 2.75) is 26.1 Å². The predicted octanol–water partition coefficient (Wildman–Crippen LogP) is 3.90. The number of anilines is 1. The topological polar surface area (TPSA) is 43.8 Å². The molecule has 0 amide bonds. The van der Waals surface area contributed by atoms with E-state index < -0.39 is 11.7 Å². The van der Waals surface area contributed by atoms with Gasteiger partial charge in [0.25, 0.3) is 0 Å². The van der Waals surface area contributed by atoms with Crippen molar-refractivity contribution < 1.29 is 13.2 Å². The molecule has 0 radical (unpaired) electrons. The molecule has 2 N–H and O–H groups in total. The van der Waals surface area contributed by atoms with Crippen LogP contribution in [0.3, 0.4) is 0 Å². The molecule has 0 unspecified atom stereocenters. The third-order valence-corrected chi connectivity index (χ3v) is 3.20. The van der Waals surface area contributed by atoms with Gasteiger partial charge in [0.05, 0.1) is 5.56 Å². The first-order valence-electron chi connectivity index (χ1n) is 6.51. The Morgan fingerprint density at radius 2 is 1.90 bits per heavy atom. The number of aryl methyl sites for hydroxylation is 1. The minimum Gasteiger partial charge on any atom is -0.383 e. The molecule has 2 rings (SSSR count). The normalized spacial score (nSPS) is 11.6. The van der Waals surface area contributed by atoms with E-state index in [9.17, 15) is 13.2 Å². The van der Waals surface area contributed by atoms with Crippen molar-refractivity contribution in [1.82, 2.24) is 9.55 Å². The van der Waals surface area contributed by atoms with Crippen molar-refractivity contribution in [2.24, 2.45) is 0 Å². The second-order valence-corrected chi connectivity index (χ2v) is 4.59. The van der Waals surface area contributed by atoms with Crippen LogP contribution in [0.1, 0.15) is 18.3 Å². The summed E-state index contributed by atoms with van der Waals surface area (Å²) in [6, 6.07) is 4.85. The molecule has 21 heavy (non-hydrogen) atoms. The third-order valence-electron chi connectivity index (χ3n) is 3.20. The number of halogens is 3. The average Bonchev–Trinajstić information content (AvgIpc) is 2.76. The first-order chi connectivity index (χ1) is 9.88. The van der Waals surface area contributed by atoms with Crippen LogP contribution in [0.15, 0.2) is 36.9 Å². The van der Waals surface area contributed by atoms with Gasteiger partial charge in [-0.1, -0.05) is 25.1 Å². The van der Waals surface area contributed by atoms with Gasteiger partial charge in [-0.25, -0.2) is 4.98 Å². The van der Waals surface area contributed by atoms with Crippen LogP contribution in [0.2, 0.25) is 0 Å². The summed E-state index contributed by atoms with van der Waals surface area (Å²) >= 11 is 0. The zero-order chi connectivity index (χ0) is 15.6. The predicted molar refractivity (Wildman–Crippen MR) is 76.7 cm³/mol. The summed E-state index contributed by atoms with van der Waals surface area (Å²) in [5.41, 5.74) is 6.43. The maximum Gasteiger partial charge on any atom is 0.416 e. The van der Waals surface area contributed by atoms with E-state index in [1.165, 1.54) is 12.1 Å².